The summed E-state index contributed by atoms with van der Waals surface area (Å²) in [6.45, 7) is 3.57. The van der Waals surface area contributed by atoms with E-state index in [4.69, 9.17) is 14.6 Å². The normalized spacial score (nSPS) is 16.9. The lowest BCUT2D eigenvalue weighted by Crippen LogP contribution is -2.36. The minimum Gasteiger partial charge on any atom is -0.490 e. The zero-order valence-corrected chi connectivity index (χ0v) is 14.1. The molecule has 6 nitrogen and oxygen atoms in total. The van der Waals surface area contributed by atoms with E-state index in [-0.39, 0.29) is 18.4 Å². The van der Waals surface area contributed by atoms with Crippen molar-refractivity contribution < 1.29 is 24.2 Å². The highest BCUT2D eigenvalue weighted by Crippen LogP contribution is 2.26. The molecule has 1 aliphatic rings. The molecule has 1 heterocycles. The third-order valence-electron chi connectivity index (χ3n) is 4.05. The number of rotatable bonds is 9. The number of benzene rings is 1. The van der Waals surface area contributed by atoms with E-state index in [0.29, 0.717) is 44.1 Å². The van der Waals surface area contributed by atoms with E-state index in [1.165, 1.54) is 0 Å². The molecule has 1 amide bonds. The lowest BCUT2D eigenvalue weighted by molar-refractivity contribution is -0.139. The van der Waals surface area contributed by atoms with Crippen LogP contribution in [0.5, 0.6) is 11.5 Å². The van der Waals surface area contributed by atoms with Crippen molar-refractivity contribution in [3.8, 4) is 11.5 Å². The lowest BCUT2D eigenvalue weighted by Gasteiger charge is -2.23. The zero-order valence-electron chi connectivity index (χ0n) is 14.1. The Kier molecular flexibility index (Phi) is 6.90. The number of hydrogen-bond acceptors (Lipinski definition) is 4. The maximum absolute atomic E-state index is 12.3. The van der Waals surface area contributed by atoms with Crippen LogP contribution in [0.25, 0.3) is 0 Å². The van der Waals surface area contributed by atoms with Gasteiger partial charge >= 0.3 is 5.97 Å². The van der Waals surface area contributed by atoms with Gasteiger partial charge in [-0.15, -0.1) is 0 Å². The van der Waals surface area contributed by atoms with Crippen molar-refractivity contribution in [3.63, 3.8) is 0 Å². The fourth-order valence-corrected chi connectivity index (χ4v) is 2.97. The molecule has 0 radical (unpaired) electrons. The van der Waals surface area contributed by atoms with E-state index >= 15 is 0 Å². The third-order valence-corrected chi connectivity index (χ3v) is 4.05. The molecule has 0 spiro atoms. The van der Waals surface area contributed by atoms with Gasteiger partial charge in [0.1, 0.15) is 0 Å². The van der Waals surface area contributed by atoms with Gasteiger partial charge < -0.3 is 19.5 Å². The molecule has 0 aliphatic carbocycles. The molecule has 24 heavy (non-hydrogen) atoms. The second-order valence-electron chi connectivity index (χ2n) is 5.81. The zero-order chi connectivity index (χ0) is 17.4. The Morgan fingerprint density at radius 1 is 1.25 bits per heavy atom. The molecule has 0 saturated carbocycles. The van der Waals surface area contributed by atoms with E-state index in [1.807, 2.05) is 31.2 Å². The van der Waals surface area contributed by atoms with E-state index < -0.39 is 5.97 Å². The number of para-hydroxylation sites is 2. The highest BCUT2D eigenvalue weighted by Gasteiger charge is 2.29. The molecule has 0 bridgehead atoms. The minimum absolute atomic E-state index is 0.0143. The first-order valence-corrected chi connectivity index (χ1v) is 8.47. The number of likely N-dealkylation sites (tertiary alicyclic amines) is 1. The van der Waals surface area contributed by atoms with Crippen molar-refractivity contribution in [2.24, 2.45) is 0 Å². The molecule has 1 aromatic carbocycles. The number of hydrogen-bond donors (Lipinski definition) is 1. The molecule has 6 heteroatoms. The van der Waals surface area contributed by atoms with Gasteiger partial charge in [-0.3, -0.25) is 9.59 Å². The SMILES string of the molecule is CCOc1ccccc1OCCCC(=O)N1CCCC1CC(=O)O. The van der Waals surface area contributed by atoms with Crippen LogP contribution in [0.1, 0.15) is 39.0 Å². The van der Waals surface area contributed by atoms with Crippen molar-refractivity contribution in [2.75, 3.05) is 19.8 Å². The topological polar surface area (TPSA) is 76.1 Å². The molecule has 1 saturated heterocycles. The van der Waals surface area contributed by atoms with Gasteiger partial charge in [0.15, 0.2) is 11.5 Å². The van der Waals surface area contributed by atoms with Crippen LogP contribution in [-0.2, 0) is 9.59 Å². The van der Waals surface area contributed by atoms with Gasteiger partial charge in [-0.05, 0) is 38.3 Å². The smallest absolute Gasteiger partial charge is 0.305 e. The summed E-state index contributed by atoms with van der Waals surface area (Å²) in [5.74, 6) is 0.542. The Bertz CT molecular complexity index is 560. The minimum atomic E-state index is -0.851. The van der Waals surface area contributed by atoms with E-state index in [0.717, 1.165) is 12.8 Å². The van der Waals surface area contributed by atoms with Crippen LogP contribution in [0.15, 0.2) is 24.3 Å². The van der Waals surface area contributed by atoms with Crippen molar-refractivity contribution in [1.82, 2.24) is 4.90 Å². The summed E-state index contributed by atoms with van der Waals surface area (Å²) in [7, 11) is 0. The largest absolute Gasteiger partial charge is 0.490 e. The fourth-order valence-electron chi connectivity index (χ4n) is 2.97. The Morgan fingerprint density at radius 3 is 2.62 bits per heavy atom. The van der Waals surface area contributed by atoms with E-state index in [2.05, 4.69) is 0 Å². The van der Waals surface area contributed by atoms with Crippen molar-refractivity contribution in [1.29, 1.82) is 0 Å². The van der Waals surface area contributed by atoms with Gasteiger partial charge in [0, 0.05) is 19.0 Å². The summed E-state index contributed by atoms with van der Waals surface area (Å²) >= 11 is 0. The Labute approximate surface area is 142 Å². The second-order valence-corrected chi connectivity index (χ2v) is 5.81. The highest BCUT2D eigenvalue weighted by molar-refractivity contribution is 5.78. The summed E-state index contributed by atoms with van der Waals surface area (Å²) in [5, 5.41) is 8.91. The molecule has 1 unspecified atom stereocenters. The van der Waals surface area contributed by atoms with Gasteiger partial charge in [-0.2, -0.15) is 0 Å². The summed E-state index contributed by atoms with van der Waals surface area (Å²) in [5.41, 5.74) is 0. The van der Waals surface area contributed by atoms with Crippen LogP contribution < -0.4 is 9.47 Å². The highest BCUT2D eigenvalue weighted by atomic mass is 16.5. The molecular weight excluding hydrogens is 310 g/mol. The van der Waals surface area contributed by atoms with E-state index in [9.17, 15) is 9.59 Å². The Hall–Kier alpha value is -2.24. The quantitative estimate of drug-likeness (QED) is 0.702. The first-order chi connectivity index (χ1) is 11.6. The predicted octanol–water partition coefficient (Wildman–Crippen LogP) is 2.71. The summed E-state index contributed by atoms with van der Waals surface area (Å²) in [6.07, 6.45) is 2.64. The molecule has 1 aromatic rings. The summed E-state index contributed by atoms with van der Waals surface area (Å²) < 4.78 is 11.2. The molecule has 132 valence electrons. The summed E-state index contributed by atoms with van der Waals surface area (Å²) in [6, 6.07) is 7.30. The fraction of sp³-hybridized carbons (Fsp3) is 0.556. The predicted molar refractivity (Wildman–Crippen MR) is 89.3 cm³/mol. The maximum atomic E-state index is 12.3. The number of ether oxygens (including phenoxy) is 2. The average Bonchev–Trinajstić information content (AvgIpc) is 3.00. The number of carboxylic acids is 1. The number of carbonyl (C=O) groups excluding carboxylic acids is 1. The lowest BCUT2D eigenvalue weighted by atomic mass is 10.1. The van der Waals surface area contributed by atoms with Crippen molar-refractivity contribution in [3.05, 3.63) is 24.3 Å². The summed E-state index contributed by atoms with van der Waals surface area (Å²) in [4.78, 5) is 24.8. The number of aliphatic carboxylic acids is 1. The number of amides is 1. The van der Waals surface area contributed by atoms with Crippen LogP contribution in [-0.4, -0.2) is 47.7 Å². The molecule has 1 aliphatic heterocycles. The third kappa shape index (κ3) is 5.15. The molecule has 0 aromatic heterocycles. The number of carboxylic acid groups (broad SMARTS) is 1. The maximum Gasteiger partial charge on any atom is 0.305 e. The monoisotopic (exact) mass is 335 g/mol. The standard InChI is InChI=1S/C18H25NO5/c1-2-23-15-8-3-4-9-16(15)24-12-6-10-17(20)19-11-5-7-14(19)13-18(21)22/h3-4,8-9,14H,2,5-7,10-13H2,1H3,(H,21,22). The number of nitrogens with zero attached hydrogens (tertiary/aromatic N) is 1. The Morgan fingerprint density at radius 2 is 1.96 bits per heavy atom. The molecule has 2 rings (SSSR count). The van der Waals surface area contributed by atoms with Gasteiger partial charge in [0.05, 0.1) is 19.6 Å². The van der Waals surface area contributed by atoms with Gasteiger partial charge in [0.2, 0.25) is 5.91 Å². The number of carbonyl (C=O) groups is 2. The molecule has 1 atom stereocenters. The van der Waals surface area contributed by atoms with E-state index in [1.54, 1.807) is 4.90 Å². The van der Waals surface area contributed by atoms with Crippen molar-refractivity contribution in [2.45, 2.75) is 45.1 Å². The van der Waals surface area contributed by atoms with Gasteiger partial charge in [-0.25, -0.2) is 0 Å². The molecular formula is C18H25NO5. The van der Waals surface area contributed by atoms with Crippen LogP contribution in [0.4, 0.5) is 0 Å². The van der Waals surface area contributed by atoms with Crippen LogP contribution in [0.2, 0.25) is 0 Å². The van der Waals surface area contributed by atoms with Gasteiger partial charge in [0.25, 0.3) is 0 Å². The van der Waals surface area contributed by atoms with Crippen LogP contribution >= 0.6 is 0 Å². The van der Waals surface area contributed by atoms with Crippen LogP contribution in [0, 0.1) is 0 Å². The average molecular weight is 335 g/mol. The van der Waals surface area contributed by atoms with Gasteiger partial charge in [-0.1, -0.05) is 12.1 Å². The molecule has 1 N–H and O–H groups in total. The second kappa shape index (κ2) is 9.15. The Balaban J connectivity index is 1.76. The van der Waals surface area contributed by atoms with Crippen LogP contribution in [0.3, 0.4) is 0 Å². The van der Waals surface area contributed by atoms with Crippen molar-refractivity contribution >= 4 is 11.9 Å². The first kappa shape index (κ1) is 18.1. The molecule has 1 fully saturated rings. The first-order valence-electron chi connectivity index (χ1n) is 8.47.